The highest BCUT2D eigenvalue weighted by atomic mass is 19.4. The summed E-state index contributed by atoms with van der Waals surface area (Å²) in [5.74, 6) is 4.73. The van der Waals surface area contributed by atoms with Gasteiger partial charge in [-0.05, 0) is 75.2 Å². The van der Waals surface area contributed by atoms with Crippen molar-refractivity contribution in [3.05, 3.63) is 58.7 Å². The normalized spacial score (nSPS) is 29.9. The molecule has 1 saturated heterocycles. The number of hydrogen-bond donors (Lipinski definition) is 1. The van der Waals surface area contributed by atoms with E-state index in [2.05, 4.69) is 16.7 Å². The molecule has 2 fully saturated rings. The summed E-state index contributed by atoms with van der Waals surface area (Å²) in [6.45, 7) is 2.13. The molecule has 2 heterocycles. The number of likely N-dealkylation sites (N-methyl/N-ethyl adjacent to an activating group) is 2. The molecule has 0 unspecified atom stereocenters. The predicted molar refractivity (Wildman–Crippen MR) is 138 cm³/mol. The van der Waals surface area contributed by atoms with Gasteiger partial charge in [-0.25, -0.2) is 0 Å². The largest absolute Gasteiger partial charge is 0.504 e. The number of rotatable bonds is 2. The van der Waals surface area contributed by atoms with E-state index >= 15 is 0 Å². The second-order valence-corrected chi connectivity index (χ2v) is 11.2. The Morgan fingerprint density at radius 2 is 1.90 bits per heavy atom. The number of benzene rings is 2. The minimum atomic E-state index is -4.46. The number of halogens is 3. The number of carbonyl (C=O) groups is 2. The number of phenols is 1. The van der Waals surface area contributed by atoms with Crippen molar-refractivity contribution in [1.29, 1.82) is 0 Å². The van der Waals surface area contributed by atoms with Crippen molar-refractivity contribution in [2.45, 2.75) is 68.0 Å². The molecule has 0 radical (unpaired) electrons. The summed E-state index contributed by atoms with van der Waals surface area (Å²) in [7, 11) is 3.66. The monoisotopic (exact) mass is 554 g/mol. The highest BCUT2D eigenvalue weighted by molar-refractivity contribution is 5.94. The highest BCUT2D eigenvalue weighted by Crippen LogP contribution is 2.66. The van der Waals surface area contributed by atoms with Gasteiger partial charge in [0.05, 0.1) is 23.1 Å². The quantitative estimate of drug-likeness (QED) is 0.451. The fourth-order valence-corrected chi connectivity index (χ4v) is 7.66. The van der Waals surface area contributed by atoms with Gasteiger partial charge in [-0.15, -0.1) is 0 Å². The Morgan fingerprint density at radius 3 is 2.58 bits per heavy atom. The molecular weight excluding hydrogens is 525 g/mol. The fourth-order valence-electron chi connectivity index (χ4n) is 7.66. The van der Waals surface area contributed by atoms with E-state index < -0.39 is 40.8 Å². The van der Waals surface area contributed by atoms with Crippen molar-refractivity contribution in [3.8, 4) is 23.3 Å². The van der Waals surface area contributed by atoms with Gasteiger partial charge >= 0.3 is 12.1 Å². The average Bonchev–Trinajstić information content (AvgIpc) is 3.26. The number of alkyl halides is 3. The summed E-state index contributed by atoms with van der Waals surface area (Å²) in [5.41, 5.74) is -0.264. The molecule has 210 valence electrons. The first-order valence-corrected chi connectivity index (χ1v) is 13.3. The Balaban J connectivity index is 1.37. The number of aromatic hydroxyl groups is 1. The van der Waals surface area contributed by atoms with Crippen molar-refractivity contribution in [2.24, 2.45) is 0 Å². The van der Waals surface area contributed by atoms with Gasteiger partial charge in [-0.1, -0.05) is 12.0 Å². The van der Waals surface area contributed by atoms with Gasteiger partial charge in [0.1, 0.15) is 11.7 Å². The average molecular weight is 555 g/mol. The number of carbonyl (C=O) groups excluding carboxylic acids is 2. The lowest BCUT2D eigenvalue weighted by atomic mass is 9.48. The Bertz CT molecular complexity index is 1460. The number of amides is 1. The van der Waals surface area contributed by atoms with E-state index in [1.165, 1.54) is 24.0 Å². The number of esters is 1. The van der Waals surface area contributed by atoms with Crippen LogP contribution in [0.1, 0.15) is 48.4 Å². The SMILES string of the molecule is CC(=O)O[C@@]12CC[C@H](N(C)C(=O)C#Cc3ccc(C(F)(F)F)cc3)[C@@H]3Oc4c(O)ccc5c4[C@@]31CCN(C)[C@@H]2C5. The lowest BCUT2D eigenvalue weighted by Gasteiger charge is -2.65. The second kappa shape index (κ2) is 8.90. The van der Waals surface area contributed by atoms with E-state index in [4.69, 9.17) is 9.47 Å². The number of hydrogen-bond acceptors (Lipinski definition) is 6. The van der Waals surface area contributed by atoms with E-state index in [-0.39, 0.29) is 23.3 Å². The zero-order valence-electron chi connectivity index (χ0n) is 22.3. The van der Waals surface area contributed by atoms with Crippen LogP contribution < -0.4 is 4.74 Å². The molecule has 5 atom stereocenters. The first kappa shape index (κ1) is 26.5. The van der Waals surface area contributed by atoms with Gasteiger partial charge in [0.25, 0.3) is 5.91 Å². The molecule has 4 aliphatic rings. The van der Waals surface area contributed by atoms with Crippen LogP contribution in [-0.4, -0.2) is 71.2 Å². The van der Waals surface area contributed by atoms with Crippen LogP contribution in [0.2, 0.25) is 0 Å². The van der Waals surface area contributed by atoms with Crippen molar-refractivity contribution in [2.75, 3.05) is 20.6 Å². The summed E-state index contributed by atoms with van der Waals surface area (Å²) < 4.78 is 51.5. The minimum Gasteiger partial charge on any atom is -0.504 e. The molecule has 2 aromatic rings. The van der Waals surface area contributed by atoms with E-state index in [0.717, 1.165) is 29.8 Å². The van der Waals surface area contributed by atoms with Crippen molar-refractivity contribution in [1.82, 2.24) is 9.80 Å². The molecule has 1 amide bonds. The lowest BCUT2D eigenvalue weighted by molar-refractivity contribution is -0.220. The predicted octanol–water partition coefficient (Wildman–Crippen LogP) is 3.64. The van der Waals surface area contributed by atoms with Crippen LogP contribution in [0.15, 0.2) is 36.4 Å². The molecule has 0 aromatic heterocycles. The first-order chi connectivity index (χ1) is 18.9. The van der Waals surface area contributed by atoms with Crippen LogP contribution in [0.25, 0.3) is 0 Å². The highest BCUT2D eigenvalue weighted by Gasteiger charge is 2.75. The first-order valence-electron chi connectivity index (χ1n) is 13.3. The van der Waals surface area contributed by atoms with Gasteiger partial charge in [-0.2, -0.15) is 13.2 Å². The topological polar surface area (TPSA) is 79.3 Å². The second-order valence-electron chi connectivity index (χ2n) is 11.2. The zero-order chi connectivity index (χ0) is 28.6. The van der Waals surface area contributed by atoms with Crippen molar-refractivity contribution in [3.63, 3.8) is 0 Å². The Labute approximate surface area is 229 Å². The smallest absolute Gasteiger partial charge is 0.416 e. The van der Waals surface area contributed by atoms with Gasteiger partial charge in [0.2, 0.25) is 0 Å². The summed E-state index contributed by atoms with van der Waals surface area (Å²) in [6, 6.07) is 7.31. The number of likely N-dealkylation sites (tertiary alicyclic amines) is 1. The van der Waals surface area contributed by atoms with Crippen LogP contribution in [0.4, 0.5) is 13.2 Å². The van der Waals surface area contributed by atoms with Crippen LogP contribution in [0.5, 0.6) is 11.5 Å². The van der Waals surface area contributed by atoms with Crippen LogP contribution >= 0.6 is 0 Å². The summed E-state index contributed by atoms with van der Waals surface area (Å²) in [4.78, 5) is 29.6. The number of ether oxygens (including phenoxy) is 2. The fraction of sp³-hybridized carbons (Fsp3) is 0.467. The maximum atomic E-state index is 13.3. The maximum absolute atomic E-state index is 13.3. The van der Waals surface area contributed by atoms with E-state index in [1.807, 2.05) is 13.1 Å². The molecule has 10 heteroatoms. The minimum absolute atomic E-state index is 0.00598. The lowest BCUT2D eigenvalue weighted by Crippen LogP contribution is -2.78. The number of phenolic OH excluding ortho intramolecular Hbond substituents is 1. The van der Waals surface area contributed by atoms with E-state index in [1.54, 1.807) is 13.1 Å². The molecule has 2 aliphatic carbocycles. The maximum Gasteiger partial charge on any atom is 0.416 e. The standard InChI is InChI=1S/C30H29F3N2O5/c1-17(36)40-29-13-12-21(35(3)24(38)11-6-18-4-8-20(9-5-18)30(31,32)33)27-28(29)14-15-34(2)23(29)16-19-7-10-22(37)26(39-27)25(19)28/h4-5,7-10,21,23,27,37H,12-16H2,1-3H3/t21-,23+,27-,28-,29+/m0/s1. The molecule has 6 rings (SSSR count). The summed E-state index contributed by atoms with van der Waals surface area (Å²) in [6.07, 6.45) is -2.84. The molecule has 1 N–H and O–H groups in total. The van der Waals surface area contributed by atoms with Crippen LogP contribution in [-0.2, 0) is 32.3 Å². The van der Waals surface area contributed by atoms with Crippen LogP contribution in [0, 0.1) is 11.8 Å². The molecule has 7 nitrogen and oxygen atoms in total. The van der Waals surface area contributed by atoms with Crippen molar-refractivity contribution < 1.29 is 37.3 Å². The van der Waals surface area contributed by atoms with Crippen molar-refractivity contribution >= 4 is 11.9 Å². The summed E-state index contributed by atoms with van der Waals surface area (Å²) in [5, 5.41) is 10.8. The zero-order valence-corrected chi connectivity index (χ0v) is 22.3. The molecular formula is C30H29F3N2O5. The molecule has 2 aromatic carbocycles. The third-order valence-electron chi connectivity index (χ3n) is 9.33. The van der Waals surface area contributed by atoms with Gasteiger partial charge in [0.15, 0.2) is 11.5 Å². The molecule has 1 spiro atoms. The van der Waals surface area contributed by atoms with Crippen LogP contribution in [0.3, 0.4) is 0 Å². The Hall–Kier alpha value is -3.71. The number of piperidine rings is 1. The third-order valence-corrected chi connectivity index (χ3v) is 9.33. The molecule has 2 aliphatic heterocycles. The number of nitrogens with zero attached hydrogens (tertiary/aromatic N) is 2. The van der Waals surface area contributed by atoms with Gasteiger partial charge in [-0.3, -0.25) is 14.5 Å². The Morgan fingerprint density at radius 1 is 1.18 bits per heavy atom. The molecule has 2 bridgehead atoms. The van der Waals surface area contributed by atoms with E-state index in [0.29, 0.717) is 31.4 Å². The third kappa shape index (κ3) is 3.63. The Kier molecular flexibility index (Phi) is 5.90. The summed E-state index contributed by atoms with van der Waals surface area (Å²) >= 11 is 0. The van der Waals surface area contributed by atoms with E-state index in [9.17, 15) is 27.9 Å². The molecule has 40 heavy (non-hydrogen) atoms. The molecule has 1 saturated carbocycles. The van der Waals surface area contributed by atoms with Gasteiger partial charge in [0, 0.05) is 31.0 Å². The van der Waals surface area contributed by atoms with Gasteiger partial charge < -0.3 is 19.5 Å².